The Labute approximate surface area is 212 Å². The molecule has 1 amide bonds. The first-order valence-electron chi connectivity index (χ1n) is 11.8. The molecular formula is C25H29F3N5O3P. The Morgan fingerprint density at radius 3 is 2.43 bits per heavy atom. The summed E-state index contributed by atoms with van der Waals surface area (Å²) in [5.74, 6) is 1.22. The topological polar surface area (TPSA) is 110 Å². The summed E-state index contributed by atoms with van der Waals surface area (Å²) in [6, 6.07) is 6.30. The number of benzene rings is 2. The Hall–Kier alpha value is -3.33. The molecule has 12 heteroatoms. The van der Waals surface area contributed by atoms with Gasteiger partial charge in [0, 0.05) is 49.5 Å². The van der Waals surface area contributed by atoms with Gasteiger partial charge in [-0.25, -0.2) is 9.97 Å². The fourth-order valence-electron chi connectivity index (χ4n) is 4.58. The van der Waals surface area contributed by atoms with Crippen molar-refractivity contribution in [1.29, 1.82) is 0 Å². The van der Waals surface area contributed by atoms with E-state index >= 15 is 0 Å². The third kappa shape index (κ3) is 5.51. The lowest BCUT2D eigenvalue weighted by Crippen LogP contribution is -2.40. The number of methoxy groups -OCH3 is 1. The minimum Gasteiger partial charge on any atom is -0.496 e. The molecule has 0 saturated carbocycles. The third-order valence-electron chi connectivity index (χ3n) is 6.61. The van der Waals surface area contributed by atoms with Gasteiger partial charge in [0.2, 0.25) is 5.91 Å². The van der Waals surface area contributed by atoms with Crippen LogP contribution in [0.5, 0.6) is 5.75 Å². The molecule has 1 saturated heterocycles. The standard InChI is InChI=1S/C25H29F3N5O3P/c1-14(17-9-18(25(26,27)28)11-19(29)10-17)30-24-20-12-23(22(36-4)13-21(20)31-15(2)32-24)37(35)7-5-33(6-8-37)16(3)34/h9-14H,5-8,29H2,1-4H3,(H,30,31,32)/t14-/m1/s1. The molecular weight excluding hydrogens is 506 g/mol. The lowest BCUT2D eigenvalue weighted by atomic mass is 10.0. The van der Waals surface area contributed by atoms with Crippen molar-refractivity contribution in [3.8, 4) is 5.75 Å². The molecule has 1 atom stereocenters. The number of hydrogen-bond acceptors (Lipinski definition) is 7. The number of fused-ring (bicyclic) bond motifs is 1. The summed E-state index contributed by atoms with van der Waals surface area (Å²) in [4.78, 5) is 22.4. The molecule has 0 unspecified atom stereocenters. The Morgan fingerprint density at radius 2 is 1.84 bits per heavy atom. The van der Waals surface area contributed by atoms with Crippen LogP contribution in [0, 0.1) is 6.92 Å². The number of nitrogen functional groups attached to an aromatic ring is 1. The van der Waals surface area contributed by atoms with Crippen LogP contribution in [0.1, 0.15) is 36.8 Å². The Kier molecular flexibility index (Phi) is 7.12. The number of amides is 1. The number of anilines is 2. The summed E-state index contributed by atoms with van der Waals surface area (Å²) in [7, 11) is -1.40. The highest BCUT2D eigenvalue weighted by Gasteiger charge is 2.35. The number of alkyl halides is 3. The molecule has 1 fully saturated rings. The van der Waals surface area contributed by atoms with E-state index < -0.39 is 24.9 Å². The van der Waals surface area contributed by atoms with E-state index in [1.54, 1.807) is 30.9 Å². The number of hydrogen-bond donors (Lipinski definition) is 2. The van der Waals surface area contributed by atoms with Crippen molar-refractivity contribution in [2.75, 3.05) is 43.6 Å². The Balaban J connectivity index is 1.76. The Morgan fingerprint density at radius 1 is 1.16 bits per heavy atom. The van der Waals surface area contributed by atoms with Gasteiger partial charge in [-0.3, -0.25) is 4.79 Å². The number of carbonyl (C=O) groups is 1. The average molecular weight is 536 g/mol. The second-order valence-electron chi connectivity index (χ2n) is 9.26. The highest BCUT2D eigenvalue weighted by Crippen LogP contribution is 2.49. The summed E-state index contributed by atoms with van der Waals surface area (Å²) < 4.78 is 59.6. The summed E-state index contributed by atoms with van der Waals surface area (Å²) >= 11 is 0. The van der Waals surface area contributed by atoms with Crippen LogP contribution >= 0.6 is 7.14 Å². The van der Waals surface area contributed by atoms with E-state index in [9.17, 15) is 22.5 Å². The number of aromatic nitrogens is 2. The molecule has 1 aliphatic heterocycles. The first-order chi connectivity index (χ1) is 17.3. The lowest BCUT2D eigenvalue weighted by molar-refractivity contribution is -0.137. The molecule has 3 aromatic rings. The predicted octanol–water partition coefficient (Wildman–Crippen LogP) is 4.57. The first kappa shape index (κ1) is 26.7. The molecule has 3 N–H and O–H groups in total. The number of nitrogens with two attached hydrogens (primary N) is 1. The predicted molar refractivity (Wildman–Crippen MR) is 138 cm³/mol. The van der Waals surface area contributed by atoms with E-state index in [0.717, 1.165) is 12.1 Å². The zero-order chi connectivity index (χ0) is 27.1. The van der Waals surface area contributed by atoms with Gasteiger partial charge in [-0.1, -0.05) is 0 Å². The van der Waals surface area contributed by atoms with Crippen molar-refractivity contribution < 1.29 is 27.3 Å². The number of carbonyl (C=O) groups excluding carboxylic acids is 1. The van der Waals surface area contributed by atoms with Crippen LogP contribution in [0.4, 0.5) is 24.7 Å². The van der Waals surface area contributed by atoms with E-state index in [2.05, 4.69) is 15.3 Å². The van der Waals surface area contributed by atoms with Gasteiger partial charge in [0.15, 0.2) is 0 Å². The van der Waals surface area contributed by atoms with E-state index in [4.69, 9.17) is 10.5 Å². The number of nitrogens with one attached hydrogen (secondary N) is 1. The molecule has 0 bridgehead atoms. The van der Waals surface area contributed by atoms with Crippen molar-refractivity contribution in [3.05, 3.63) is 47.3 Å². The lowest BCUT2D eigenvalue weighted by Gasteiger charge is -2.32. The molecule has 0 radical (unpaired) electrons. The molecule has 1 aliphatic rings. The van der Waals surface area contributed by atoms with Gasteiger partial charge in [0.05, 0.1) is 29.5 Å². The van der Waals surface area contributed by atoms with Crippen LogP contribution in [0.15, 0.2) is 30.3 Å². The zero-order valence-electron chi connectivity index (χ0n) is 21.0. The van der Waals surface area contributed by atoms with Crippen molar-refractivity contribution in [1.82, 2.24) is 14.9 Å². The quantitative estimate of drug-likeness (QED) is 0.364. The summed E-state index contributed by atoms with van der Waals surface area (Å²) in [6.07, 6.45) is -3.88. The van der Waals surface area contributed by atoms with Crippen molar-refractivity contribution in [3.63, 3.8) is 0 Å². The normalized spacial score (nSPS) is 16.5. The maximum atomic E-state index is 14.0. The van der Waals surface area contributed by atoms with E-state index in [1.807, 2.05) is 0 Å². The van der Waals surface area contributed by atoms with Gasteiger partial charge in [-0.05, 0) is 43.7 Å². The minimum atomic E-state index is -4.53. The largest absolute Gasteiger partial charge is 0.496 e. The molecule has 2 heterocycles. The van der Waals surface area contributed by atoms with Crippen LogP contribution < -0.4 is 21.1 Å². The number of ether oxygens (including phenoxy) is 1. The van der Waals surface area contributed by atoms with Crippen LogP contribution in [0.3, 0.4) is 0 Å². The van der Waals surface area contributed by atoms with Gasteiger partial charge >= 0.3 is 6.18 Å². The van der Waals surface area contributed by atoms with Crippen LogP contribution in [0.25, 0.3) is 10.9 Å². The molecule has 198 valence electrons. The molecule has 8 nitrogen and oxygen atoms in total. The number of rotatable bonds is 5. The number of halogens is 3. The minimum absolute atomic E-state index is 0.00391. The van der Waals surface area contributed by atoms with Gasteiger partial charge in [0.25, 0.3) is 0 Å². The summed E-state index contributed by atoms with van der Waals surface area (Å²) in [5.41, 5.74) is 5.81. The molecule has 1 aromatic heterocycles. The van der Waals surface area contributed by atoms with Crippen molar-refractivity contribution in [2.45, 2.75) is 33.0 Å². The SMILES string of the molecule is COc1cc2nc(C)nc(N[C@H](C)c3cc(N)cc(C(F)(F)F)c3)c2cc1P1(=O)CCN(C(C)=O)CC1. The van der Waals surface area contributed by atoms with Crippen LogP contribution in [0.2, 0.25) is 0 Å². The molecule has 37 heavy (non-hydrogen) atoms. The van der Waals surface area contributed by atoms with Gasteiger partial charge < -0.3 is 25.3 Å². The fourth-order valence-corrected chi connectivity index (χ4v) is 7.33. The fraction of sp³-hybridized carbons (Fsp3) is 0.400. The van der Waals surface area contributed by atoms with Crippen LogP contribution in [-0.4, -0.2) is 53.3 Å². The van der Waals surface area contributed by atoms with E-state index in [-0.39, 0.29) is 11.6 Å². The molecule has 2 aromatic carbocycles. The van der Waals surface area contributed by atoms with Crippen molar-refractivity contribution in [2.24, 2.45) is 0 Å². The molecule has 4 rings (SSSR count). The highest BCUT2D eigenvalue weighted by molar-refractivity contribution is 7.72. The highest BCUT2D eigenvalue weighted by atomic mass is 31.2. The summed E-state index contributed by atoms with van der Waals surface area (Å²) in [5, 5.41) is 4.30. The second-order valence-corrected chi connectivity index (χ2v) is 12.4. The summed E-state index contributed by atoms with van der Waals surface area (Å²) in [6.45, 7) is 5.68. The number of nitrogens with zero attached hydrogens (tertiary/aromatic N) is 3. The van der Waals surface area contributed by atoms with Gasteiger partial charge in [-0.15, -0.1) is 0 Å². The zero-order valence-corrected chi connectivity index (χ0v) is 21.9. The average Bonchev–Trinajstić information content (AvgIpc) is 2.82. The van der Waals surface area contributed by atoms with Crippen molar-refractivity contribution >= 4 is 40.8 Å². The van der Waals surface area contributed by atoms with E-state index in [1.165, 1.54) is 20.1 Å². The Bertz CT molecular complexity index is 1400. The van der Waals surface area contributed by atoms with Gasteiger partial charge in [0.1, 0.15) is 24.5 Å². The van der Waals surface area contributed by atoms with Gasteiger partial charge in [-0.2, -0.15) is 13.2 Å². The first-order valence-corrected chi connectivity index (χ1v) is 13.8. The monoisotopic (exact) mass is 535 g/mol. The second kappa shape index (κ2) is 9.85. The third-order valence-corrected chi connectivity index (χ3v) is 9.69. The van der Waals surface area contributed by atoms with E-state index in [0.29, 0.717) is 64.6 Å². The smallest absolute Gasteiger partial charge is 0.416 e. The molecule has 0 spiro atoms. The maximum absolute atomic E-state index is 14.0. The van der Waals surface area contributed by atoms with Crippen LogP contribution in [-0.2, 0) is 15.5 Å². The number of aryl methyl sites for hydroxylation is 1. The molecule has 0 aliphatic carbocycles. The maximum Gasteiger partial charge on any atom is 0.416 e.